The SMILES string of the molecule is Cc1c(CNc2cc(Cl)ccc2-n2cccn2)cnn1C. The monoisotopic (exact) mass is 301 g/mol. The van der Waals surface area contributed by atoms with Gasteiger partial charge in [-0.25, -0.2) is 4.68 Å². The number of hydrogen-bond acceptors (Lipinski definition) is 3. The third kappa shape index (κ3) is 2.78. The van der Waals surface area contributed by atoms with Crippen LogP contribution in [-0.2, 0) is 13.6 Å². The van der Waals surface area contributed by atoms with Crippen molar-refractivity contribution in [1.82, 2.24) is 19.6 Å². The molecule has 0 aliphatic rings. The first-order chi connectivity index (χ1) is 10.1. The Bertz CT molecular complexity index is 746. The maximum absolute atomic E-state index is 6.11. The van der Waals surface area contributed by atoms with E-state index in [0.29, 0.717) is 11.6 Å². The minimum Gasteiger partial charge on any atom is -0.379 e. The molecular weight excluding hydrogens is 286 g/mol. The largest absolute Gasteiger partial charge is 0.379 e. The first-order valence-corrected chi connectivity index (χ1v) is 7.04. The summed E-state index contributed by atoms with van der Waals surface area (Å²) in [6, 6.07) is 7.61. The second-order valence-corrected chi connectivity index (χ2v) is 5.28. The summed E-state index contributed by atoms with van der Waals surface area (Å²) in [6.07, 6.45) is 5.54. The van der Waals surface area contributed by atoms with Crippen LogP contribution < -0.4 is 5.32 Å². The maximum Gasteiger partial charge on any atom is 0.0877 e. The van der Waals surface area contributed by atoms with Crippen LogP contribution in [0, 0.1) is 6.92 Å². The molecule has 0 radical (unpaired) electrons. The fourth-order valence-electron chi connectivity index (χ4n) is 2.17. The Hall–Kier alpha value is -2.27. The van der Waals surface area contributed by atoms with Gasteiger partial charge in [0.15, 0.2) is 0 Å². The minimum absolute atomic E-state index is 0.689. The van der Waals surface area contributed by atoms with E-state index in [1.807, 2.05) is 53.1 Å². The molecule has 0 bridgehead atoms. The van der Waals surface area contributed by atoms with Gasteiger partial charge in [0.05, 0.1) is 17.6 Å². The molecule has 0 aliphatic heterocycles. The molecule has 5 nitrogen and oxygen atoms in total. The number of hydrogen-bond donors (Lipinski definition) is 1. The van der Waals surface area contributed by atoms with Crippen LogP contribution in [0.1, 0.15) is 11.3 Å². The zero-order chi connectivity index (χ0) is 14.8. The van der Waals surface area contributed by atoms with Gasteiger partial charge < -0.3 is 5.32 Å². The third-order valence-electron chi connectivity index (χ3n) is 3.52. The lowest BCUT2D eigenvalue weighted by Gasteiger charge is -2.12. The zero-order valence-corrected chi connectivity index (χ0v) is 12.7. The standard InChI is InChI=1S/C15H16ClN5/c1-11-12(10-19-20(11)2)9-17-14-8-13(16)4-5-15(14)21-7-3-6-18-21/h3-8,10,17H,9H2,1-2H3. The van der Waals surface area contributed by atoms with Crippen molar-refractivity contribution in [2.24, 2.45) is 7.05 Å². The fraction of sp³-hybridized carbons (Fsp3) is 0.200. The molecule has 3 aromatic rings. The normalized spacial score (nSPS) is 10.8. The number of anilines is 1. The van der Waals surface area contributed by atoms with Gasteiger partial charge in [0.2, 0.25) is 0 Å². The van der Waals surface area contributed by atoms with E-state index in [-0.39, 0.29) is 0 Å². The Labute approximate surface area is 128 Å². The molecule has 0 spiro atoms. The molecule has 0 amide bonds. The van der Waals surface area contributed by atoms with E-state index >= 15 is 0 Å². The molecular formula is C15H16ClN5. The summed E-state index contributed by atoms with van der Waals surface area (Å²) in [7, 11) is 1.94. The number of nitrogens with one attached hydrogen (secondary N) is 1. The smallest absolute Gasteiger partial charge is 0.0877 e. The van der Waals surface area contributed by atoms with Crippen LogP contribution in [0.3, 0.4) is 0 Å². The molecule has 2 aromatic heterocycles. The fourth-order valence-corrected chi connectivity index (χ4v) is 2.34. The molecule has 0 fully saturated rings. The summed E-state index contributed by atoms with van der Waals surface area (Å²) in [5, 5.41) is 12.6. The predicted molar refractivity (Wildman–Crippen MR) is 83.8 cm³/mol. The van der Waals surface area contributed by atoms with Crippen molar-refractivity contribution in [2.45, 2.75) is 13.5 Å². The van der Waals surface area contributed by atoms with Gasteiger partial charge in [-0.2, -0.15) is 10.2 Å². The van der Waals surface area contributed by atoms with Crippen molar-refractivity contribution < 1.29 is 0 Å². The highest BCUT2D eigenvalue weighted by atomic mass is 35.5. The Morgan fingerprint density at radius 1 is 1.29 bits per heavy atom. The van der Waals surface area contributed by atoms with Crippen molar-refractivity contribution >= 4 is 17.3 Å². The average Bonchev–Trinajstić information content (AvgIpc) is 3.10. The van der Waals surface area contributed by atoms with Crippen LogP contribution in [-0.4, -0.2) is 19.6 Å². The molecule has 6 heteroatoms. The molecule has 0 unspecified atom stereocenters. The molecule has 0 aliphatic carbocycles. The van der Waals surface area contributed by atoms with Gasteiger partial charge in [-0.05, 0) is 31.2 Å². The van der Waals surface area contributed by atoms with Crippen LogP contribution in [0.25, 0.3) is 5.69 Å². The topological polar surface area (TPSA) is 47.7 Å². The quantitative estimate of drug-likeness (QED) is 0.805. The Morgan fingerprint density at radius 3 is 2.81 bits per heavy atom. The Balaban J connectivity index is 1.88. The van der Waals surface area contributed by atoms with Gasteiger partial charge in [0, 0.05) is 42.3 Å². The van der Waals surface area contributed by atoms with E-state index < -0.39 is 0 Å². The van der Waals surface area contributed by atoms with Crippen molar-refractivity contribution in [3.05, 3.63) is 59.1 Å². The number of halogens is 1. The van der Waals surface area contributed by atoms with E-state index in [9.17, 15) is 0 Å². The molecule has 1 aromatic carbocycles. The maximum atomic E-state index is 6.11. The number of benzene rings is 1. The van der Waals surface area contributed by atoms with E-state index in [0.717, 1.165) is 22.6 Å². The summed E-state index contributed by atoms with van der Waals surface area (Å²) in [4.78, 5) is 0. The van der Waals surface area contributed by atoms with E-state index in [1.54, 1.807) is 6.20 Å². The Morgan fingerprint density at radius 2 is 2.14 bits per heavy atom. The lowest BCUT2D eigenvalue weighted by molar-refractivity contribution is 0.738. The Kier molecular flexibility index (Phi) is 3.66. The molecule has 0 saturated carbocycles. The van der Waals surface area contributed by atoms with Crippen LogP contribution in [0.15, 0.2) is 42.9 Å². The summed E-state index contributed by atoms with van der Waals surface area (Å²) in [6.45, 7) is 2.74. The molecule has 0 atom stereocenters. The van der Waals surface area contributed by atoms with E-state index in [1.165, 1.54) is 0 Å². The van der Waals surface area contributed by atoms with Crippen molar-refractivity contribution in [3.63, 3.8) is 0 Å². The lowest BCUT2D eigenvalue weighted by Crippen LogP contribution is -2.05. The summed E-state index contributed by atoms with van der Waals surface area (Å²) in [5.41, 5.74) is 4.20. The van der Waals surface area contributed by atoms with Gasteiger partial charge in [-0.3, -0.25) is 4.68 Å². The lowest BCUT2D eigenvalue weighted by atomic mass is 10.2. The second-order valence-electron chi connectivity index (χ2n) is 4.84. The number of aryl methyl sites for hydroxylation is 1. The molecule has 21 heavy (non-hydrogen) atoms. The van der Waals surface area contributed by atoms with Gasteiger partial charge in [0.25, 0.3) is 0 Å². The van der Waals surface area contributed by atoms with Crippen LogP contribution in [0.5, 0.6) is 0 Å². The second kappa shape index (κ2) is 5.61. The molecule has 108 valence electrons. The minimum atomic E-state index is 0.689. The highest BCUT2D eigenvalue weighted by Crippen LogP contribution is 2.25. The number of nitrogens with zero attached hydrogens (tertiary/aromatic N) is 4. The predicted octanol–water partition coefficient (Wildman–Crippen LogP) is 3.18. The van der Waals surface area contributed by atoms with Gasteiger partial charge in [-0.1, -0.05) is 11.6 Å². The number of aromatic nitrogens is 4. The van der Waals surface area contributed by atoms with Crippen molar-refractivity contribution in [3.8, 4) is 5.69 Å². The summed E-state index contributed by atoms with van der Waals surface area (Å²) in [5.74, 6) is 0. The molecule has 3 rings (SSSR count). The molecule has 0 saturated heterocycles. The first kappa shape index (κ1) is 13.7. The van der Waals surface area contributed by atoms with Gasteiger partial charge >= 0.3 is 0 Å². The average molecular weight is 302 g/mol. The van der Waals surface area contributed by atoms with Crippen molar-refractivity contribution in [1.29, 1.82) is 0 Å². The highest BCUT2D eigenvalue weighted by molar-refractivity contribution is 6.31. The first-order valence-electron chi connectivity index (χ1n) is 6.66. The number of rotatable bonds is 4. The van der Waals surface area contributed by atoms with Crippen LogP contribution in [0.2, 0.25) is 5.02 Å². The highest BCUT2D eigenvalue weighted by Gasteiger charge is 2.08. The summed E-state index contributed by atoms with van der Waals surface area (Å²) < 4.78 is 3.68. The van der Waals surface area contributed by atoms with Crippen LogP contribution >= 0.6 is 11.6 Å². The zero-order valence-electron chi connectivity index (χ0n) is 11.9. The van der Waals surface area contributed by atoms with E-state index in [4.69, 9.17) is 11.6 Å². The molecule has 2 heterocycles. The third-order valence-corrected chi connectivity index (χ3v) is 3.75. The van der Waals surface area contributed by atoms with Crippen LogP contribution in [0.4, 0.5) is 5.69 Å². The van der Waals surface area contributed by atoms with Crippen molar-refractivity contribution in [2.75, 3.05) is 5.32 Å². The van der Waals surface area contributed by atoms with Gasteiger partial charge in [0.1, 0.15) is 0 Å². The summed E-state index contributed by atoms with van der Waals surface area (Å²) >= 11 is 6.11. The molecule has 1 N–H and O–H groups in total. The van der Waals surface area contributed by atoms with E-state index in [2.05, 4.69) is 22.4 Å². The van der Waals surface area contributed by atoms with Gasteiger partial charge in [-0.15, -0.1) is 0 Å².